The molecule has 0 spiro atoms. The second-order valence-electron chi connectivity index (χ2n) is 9.26. The van der Waals surface area contributed by atoms with Gasteiger partial charge in [0.15, 0.2) is 5.65 Å². The molecule has 1 aliphatic carbocycles. The number of anilines is 3. The van der Waals surface area contributed by atoms with Gasteiger partial charge in [0.25, 0.3) is 11.5 Å². The Bertz CT molecular complexity index is 1300. The average Bonchev–Trinajstić information content (AvgIpc) is 3.32. The van der Waals surface area contributed by atoms with E-state index in [0.29, 0.717) is 36.7 Å². The zero-order valence-electron chi connectivity index (χ0n) is 20.1. The first-order valence-electron chi connectivity index (χ1n) is 12.3. The first-order valence-corrected chi connectivity index (χ1v) is 12.3. The lowest BCUT2D eigenvalue weighted by molar-refractivity contribution is 0.0826. The molecule has 10 nitrogen and oxygen atoms in total. The Labute approximate surface area is 206 Å². The Morgan fingerprint density at radius 3 is 2.69 bits per heavy atom. The molecule has 1 aliphatic heterocycles. The number of piperidine rings is 1. The first kappa shape index (κ1) is 24.2. The van der Waals surface area contributed by atoms with Gasteiger partial charge in [-0.1, -0.05) is 0 Å². The second kappa shape index (κ2) is 10.2. The fourth-order valence-corrected chi connectivity index (χ4v) is 4.80. The molecule has 1 amide bonds. The van der Waals surface area contributed by atoms with Gasteiger partial charge in [-0.3, -0.25) is 9.59 Å². The van der Waals surface area contributed by atoms with E-state index in [-0.39, 0.29) is 29.5 Å². The number of amides is 1. The maximum absolute atomic E-state index is 13.7. The predicted molar refractivity (Wildman–Crippen MR) is 133 cm³/mol. The summed E-state index contributed by atoms with van der Waals surface area (Å²) in [6, 6.07) is 4.72. The van der Waals surface area contributed by atoms with Crippen molar-refractivity contribution in [2.45, 2.75) is 43.9 Å². The van der Waals surface area contributed by atoms with Crippen molar-refractivity contribution in [1.82, 2.24) is 29.4 Å². The molecule has 3 N–H and O–H groups in total. The number of rotatable bonds is 8. The summed E-state index contributed by atoms with van der Waals surface area (Å²) in [6.45, 7) is 1.55. The molecular formula is C24H30F2N8O2. The van der Waals surface area contributed by atoms with Crippen LogP contribution in [0.25, 0.3) is 5.65 Å². The highest BCUT2D eigenvalue weighted by atomic mass is 19.1. The Kier molecular flexibility index (Phi) is 6.86. The molecule has 3 aromatic rings. The van der Waals surface area contributed by atoms with Crippen molar-refractivity contribution in [3.8, 4) is 0 Å². The number of carbonyl (C=O) groups excluding carboxylic acids is 1. The van der Waals surface area contributed by atoms with Crippen molar-refractivity contribution in [3.63, 3.8) is 0 Å². The Morgan fingerprint density at radius 1 is 1.22 bits per heavy atom. The third-order valence-electron chi connectivity index (χ3n) is 7.07. The predicted octanol–water partition coefficient (Wildman–Crippen LogP) is 2.51. The zero-order chi connectivity index (χ0) is 25.2. The molecule has 192 valence electrons. The number of hydrogen-bond donors (Lipinski definition) is 3. The van der Waals surface area contributed by atoms with Crippen LogP contribution in [0.4, 0.5) is 26.1 Å². The molecule has 0 aromatic carbocycles. The summed E-state index contributed by atoms with van der Waals surface area (Å²) >= 11 is 0. The van der Waals surface area contributed by atoms with Crippen molar-refractivity contribution in [2.75, 3.05) is 44.0 Å². The molecule has 5 rings (SSSR count). The van der Waals surface area contributed by atoms with E-state index in [2.05, 4.69) is 30.9 Å². The molecule has 1 saturated heterocycles. The minimum absolute atomic E-state index is 0.0365. The number of aromatic nitrogens is 4. The lowest BCUT2D eigenvalue weighted by atomic mass is 9.90. The quantitative estimate of drug-likeness (QED) is 0.436. The highest BCUT2D eigenvalue weighted by Crippen LogP contribution is 2.26. The Balaban J connectivity index is 1.40. The van der Waals surface area contributed by atoms with E-state index in [1.807, 2.05) is 0 Å². The van der Waals surface area contributed by atoms with Crippen molar-refractivity contribution in [1.29, 1.82) is 0 Å². The topological polar surface area (TPSA) is 109 Å². The van der Waals surface area contributed by atoms with Crippen LogP contribution >= 0.6 is 0 Å². The number of nitrogens with one attached hydrogen (secondary N) is 3. The molecule has 12 heteroatoms. The summed E-state index contributed by atoms with van der Waals surface area (Å²) in [4.78, 5) is 32.7. The van der Waals surface area contributed by atoms with Gasteiger partial charge in [-0.15, -0.1) is 0 Å². The molecule has 0 radical (unpaired) electrons. The number of alkyl halides is 2. The van der Waals surface area contributed by atoms with Crippen LogP contribution in [0.2, 0.25) is 0 Å². The zero-order valence-corrected chi connectivity index (χ0v) is 20.1. The summed E-state index contributed by atoms with van der Waals surface area (Å²) in [6.07, 6.45) is 4.73. The van der Waals surface area contributed by atoms with Gasteiger partial charge < -0.3 is 25.4 Å². The van der Waals surface area contributed by atoms with Crippen LogP contribution < -0.4 is 21.5 Å². The fraction of sp³-hybridized carbons (Fsp3) is 0.500. The van der Waals surface area contributed by atoms with Gasteiger partial charge in [0.05, 0.1) is 12.2 Å². The van der Waals surface area contributed by atoms with E-state index in [9.17, 15) is 18.4 Å². The lowest BCUT2D eigenvalue weighted by Gasteiger charge is -2.32. The fourth-order valence-electron chi connectivity index (χ4n) is 4.80. The molecule has 3 aromatic heterocycles. The number of nitrogens with zero attached hydrogens (tertiary/aromatic N) is 5. The SMILES string of the molecule is CNc1cc(Nc2cccn(C3CCN(CCF)CC3)c2=O)nc2c(C(=O)NC3CC[C@@H]3F)cnn12. The van der Waals surface area contributed by atoms with Crippen molar-refractivity contribution in [2.24, 2.45) is 0 Å². The van der Waals surface area contributed by atoms with E-state index in [4.69, 9.17) is 0 Å². The largest absolute Gasteiger partial charge is 0.373 e. The average molecular weight is 501 g/mol. The van der Waals surface area contributed by atoms with Gasteiger partial charge in [0, 0.05) is 45.0 Å². The van der Waals surface area contributed by atoms with Crippen molar-refractivity contribution in [3.05, 3.63) is 46.5 Å². The summed E-state index contributed by atoms with van der Waals surface area (Å²) in [5, 5.41) is 13.1. The molecule has 2 atom stereocenters. The number of pyridine rings is 1. The Hall–Kier alpha value is -3.54. The minimum Gasteiger partial charge on any atom is -0.373 e. The molecule has 1 saturated carbocycles. The standard InChI is InChI=1S/C24H30F2N8O2/c1-27-21-13-20(31-22-16(14-28-34(21)22)23(35)30-18-5-4-17(18)26)29-19-3-2-9-33(24(19)36)15-6-10-32(11-7-15)12-8-25/h2-3,9,13-15,17-18,27H,4-8,10-12H2,1H3,(H,29,31)(H,30,35)/t17-,18?/m0/s1. The lowest BCUT2D eigenvalue weighted by Crippen LogP contribution is -2.48. The van der Waals surface area contributed by atoms with Gasteiger partial charge in [-0.05, 0) is 37.8 Å². The van der Waals surface area contributed by atoms with E-state index >= 15 is 0 Å². The Morgan fingerprint density at radius 2 is 2.03 bits per heavy atom. The van der Waals surface area contributed by atoms with Crippen LogP contribution in [0.15, 0.2) is 35.4 Å². The van der Waals surface area contributed by atoms with Gasteiger partial charge in [-0.2, -0.15) is 9.61 Å². The molecule has 4 heterocycles. The highest BCUT2D eigenvalue weighted by molar-refractivity contribution is 6.00. The van der Waals surface area contributed by atoms with E-state index in [1.165, 1.54) is 10.7 Å². The second-order valence-corrected chi connectivity index (χ2v) is 9.26. The molecule has 2 fully saturated rings. The van der Waals surface area contributed by atoms with Crippen LogP contribution in [-0.4, -0.2) is 75.5 Å². The maximum Gasteiger partial charge on any atom is 0.274 e. The van der Waals surface area contributed by atoms with Gasteiger partial charge in [-0.25, -0.2) is 13.8 Å². The third-order valence-corrected chi connectivity index (χ3v) is 7.07. The maximum atomic E-state index is 13.7. The normalized spacial score (nSPS) is 20.8. The van der Waals surface area contributed by atoms with Gasteiger partial charge >= 0.3 is 0 Å². The number of likely N-dealkylation sites (tertiary alicyclic amines) is 1. The number of hydrogen-bond acceptors (Lipinski definition) is 7. The van der Waals surface area contributed by atoms with Crippen molar-refractivity contribution < 1.29 is 13.6 Å². The number of fused-ring (bicyclic) bond motifs is 1. The smallest absolute Gasteiger partial charge is 0.274 e. The molecular weight excluding hydrogens is 470 g/mol. The van der Waals surface area contributed by atoms with E-state index in [0.717, 1.165) is 25.9 Å². The third kappa shape index (κ3) is 4.64. The summed E-state index contributed by atoms with van der Waals surface area (Å²) in [5.41, 5.74) is 0.676. The number of halogens is 2. The van der Waals surface area contributed by atoms with Crippen LogP contribution in [-0.2, 0) is 0 Å². The first-order chi connectivity index (χ1) is 17.5. The number of carbonyl (C=O) groups is 1. The van der Waals surface area contributed by atoms with Gasteiger partial charge in [0.1, 0.15) is 35.7 Å². The van der Waals surface area contributed by atoms with E-state index in [1.54, 1.807) is 36.0 Å². The molecule has 0 bridgehead atoms. The van der Waals surface area contributed by atoms with Crippen LogP contribution in [0, 0.1) is 0 Å². The molecule has 36 heavy (non-hydrogen) atoms. The highest BCUT2D eigenvalue weighted by Gasteiger charge is 2.33. The summed E-state index contributed by atoms with van der Waals surface area (Å²) in [5.74, 6) is 0.483. The van der Waals surface area contributed by atoms with Gasteiger partial charge in [0.2, 0.25) is 0 Å². The minimum atomic E-state index is -1.04. The van der Waals surface area contributed by atoms with Crippen LogP contribution in [0.5, 0.6) is 0 Å². The van der Waals surface area contributed by atoms with Crippen molar-refractivity contribution >= 4 is 28.9 Å². The van der Waals surface area contributed by atoms with Crippen LogP contribution in [0.1, 0.15) is 42.1 Å². The van der Waals surface area contributed by atoms with E-state index < -0.39 is 18.1 Å². The van der Waals surface area contributed by atoms with Crippen LogP contribution in [0.3, 0.4) is 0 Å². The molecule has 2 aliphatic rings. The molecule has 1 unspecified atom stereocenters. The monoisotopic (exact) mass is 500 g/mol. The summed E-state index contributed by atoms with van der Waals surface area (Å²) < 4.78 is 29.5. The summed E-state index contributed by atoms with van der Waals surface area (Å²) in [7, 11) is 1.72.